The summed E-state index contributed by atoms with van der Waals surface area (Å²) in [5, 5.41) is 3.28. The van der Waals surface area contributed by atoms with Gasteiger partial charge in [0.1, 0.15) is 30.4 Å². The fraction of sp³-hybridized carbons (Fsp3) is 0.313. The highest BCUT2D eigenvalue weighted by Gasteiger charge is 2.30. The van der Waals surface area contributed by atoms with Crippen molar-refractivity contribution in [1.29, 1.82) is 0 Å². The van der Waals surface area contributed by atoms with Gasteiger partial charge in [-0.1, -0.05) is 27.7 Å². The predicted octanol–water partition coefficient (Wildman–Crippen LogP) is 15.7. The Balaban J connectivity index is 0.000000140. The minimum absolute atomic E-state index is 0.0974. The summed E-state index contributed by atoms with van der Waals surface area (Å²) < 4.78 is 84.8. The molecule has 0 aliphatic carbocycles. The molecule has 0 fully saturated rings. The lowest BCUT2D eigenvalue weighted by atomic mass is 9.99. The summed E-state index contributed by atoms with van der Waals surface area (Å²) in [4.78, 5) is 34.7. The molecule has 84 heavy (non-hydrogen) atoms. The van der Waals surface area contributed by atoms with Gasteiger partial charge in [0, 0.05) is 88.7 Å². The molecule has 6 aromatic carbocycles. The second-order valence-electron chi connectivity index (χ2n) is 24.0. The highest BCUT2D eigenvalue weighted by Crippen LogP contribution is 2.45. The Kier molecular flexibility index (Phi) is 17.1. The number of halogens is 3. The number of aromatic nitrogens is 3. The van der Waals surface area contributed by atoms with Gasteiger partial charge in [0.2, 0.25) is 0 Å². The summed E-state index contributed by atoms with van der Waals surface area (Å²) in [6.45, 7) is 20.8. The second-order valence-corrected chi connectivity index (χ2v) is 33.3. The smallest absolute Gasteiger partial charge is 0.198 e. The number of Topliss-reactive ketones (excluding diaryl/α,β-unsaturated/α-hetero) is 1. The number of hydrogen-bond donors (Lipinski definition) is 1. The van der Waals surface area contributed by atoms with Crippen molar-refractivity contribution >= 4 is 84.2 Å². The molecule has 3 aromatic heterocycles. The van der Waals surface area contributed by atoms with Crippen LogP contribution in [0.15, 0.2) is 124 Å². The van der Waals surface area contributed by atoms with Crippen LogP contribution in [0.4, 0.5) is 13.2 Å². The van der Waals surface area contributed by atoms with Gasteiger partial charge < -0.3 is 32.5 Å². The van der Waals surface area contributed by atoms with Crippen LogP contribution < -0.4 is 5.44 Å². The van der Waals surface area contributed by atoms with E-state index in [4.69, 9.17) is 0 Å². The quantitative estimate of drug-likeness (QED) is 0.102. The summed E-state index contributed by atoms with van der Waals surface area (Å²) in [6.07, 6.45) is 8.82. The predicted molar refractivity (Wildman–Crippen MR) is 342 cm³/mol. The van der Waals surface area contributed by atoms with Crippen molar-refractivity contribution < 1.29 is 36.6 Å². The summed E-state index contributed by atoms with van der Waals surface area (Å²) in [7, 11) is -7.96. The van der Waals surface area contributed by atoms with Crippen LogP contribution in [0, 0.1) is 17.5 Å². The van der Waals surface area contributed by atoms with E-state index in [0.717, 1.165) is 95.3 Å². The first-order valence-electron chi connectivity index (χ1n) is 28.5. The molecule has 3 aliphatic heterocycles. The van der Waals surface area contributed by atoms with Crippen LogP contribution in [0.25, 0.3) is 49.8 Å². The standard InChI is InChI=1S/C23H26FN2OP.C22H22FN2O2P.C22H24FN2O2P/c1-15(2)23-20(9-10-28(3,4)27)21-11-16-13-25-14-17(16)12-22(21)26(23)19-7-5-18(24)6-8-19;1-14(26)4-9-19-20-10-15-12-24-13-16(15)11-21(20)25(22(19)28(2,3)27)18-7-5-17(23)6-8-18;1-14(2)22-19(8-9-28(3,26)27)20-10-15-12-24-13-16(15)11-21(20)25(22)18-6-4-17(23)5-7-18/h5-8,11-12,14-15H,9-10,13H2,1-4H3;5-8,10-11,13H,4,9,12H2,1-3H3;4-7,10-11,13-14H,8-9,12H2,1-3H3,(H,26,27). The van der Waals surface area contributed by atoms with Gasteiger partial charge in [-0.15, -0.1) is 0 Å². The van der Waals surface area contributed by atoms with Crippen molar-refractivity contribution in [2.45, 2.75) is 91.8 Å². The molecule has 1 unspecified atom stereocenters. The molecule has 0 saturated carbocycles. The number of aliphatic imine (C=N–C) groups is 3. The number of rotatable bonds is 15. The van der Waals surface area contributed by atoms with Gasteiger partial charge in [0.25, 0.3) is 0 Å². The average molecular weight is 1190 g/mol. The first-order chi connectivity index (χ1) is 39.7. The zero-order chi connectivity index (χ0) is 60.2. The zero-order valence-corrected chi connectivity index (χ0v) is 52.1. The minimum Gasteiger partial charge on any atom is -0.344 e. The largest absolute Gasteiger partial charge is 0.344 e. The van der Waals surface area contributed by atoms with E-state index in [9.17, 15) is 36.6 Å². The molecule has 11 nitrogen and oxygen atoms in total. The van der Waals surface area contributed by atoms with Crippen molar-refractivity contribution in [2.24, 2.45) is 15.0 Å². The SMILES string of the molecule is CC(=O)CCc1c(P(C)(C)=O)n(-c2ccc(F)cc2)c2cc3c(cc12)CN=C3.CC(C)c1c(CCP(C)(=O)O)c2cc3c(cc2n1-c1ccc(F)cc1)C=NC3.CC(C)c1c(CCP(C)(C)=O)c2cc3c(cc2n1-c1ccc(F)cc1)C=NC3. The fourth-order valence-electron chi connectivity index (χ4n) is 12.0. The number of nitrogens with zero attached hydrogens (tertiary/aromatic N) is 6. The van der Waals surface area contributed by atoms with E-state index in [-0.39, 0.29) is 41.2 Å². The molecule has 6 heterocycles. The number of hydrogen-bond acceptors (Lipinski definition) is 7. The van der Waals surface area contributed by atoms with Crippen LogP contribution in [0.5, 0.6) is 0 Å². The van der Waals surface area contributed by atoms with Crippen LogP contribution in [-0.4, -0.2) is 88.7 Å². The second kappa shape index (κ2) is 23.8. The summed E-state index contributed by atoms with van der Waals surface area (Å²) in [5.74, 6) is -0.248. The lowest BCUT2D eigenvalue weighted by Crippen LogP contribution is -2.19. The normalized spacial score (nSPS) is 14.1. The molecule has 0 bridgehead atoms. The first kappa shape index (κ1) is 60.2. The Hall–Kier alpha value is -6.94. The van der Waals surface area contributed by atoms with Crippen molar-refractivity contribution in [3.63, 3.8) is 0 Å². The summed E-state index contributed by atoms with van der Waals surface area (Å²) >= 11 is 0. The maximum Gasteiger partial charge on any atom is 0.198 e. The number of aryl methyl sites for hydroxylation is 3. The van der Waals surface area contributed by atoms with Gasteiger partial charge in [-0.05, 0) is 224 Å². The van der Waals surface area contributed by atoms with Crippen LogP contribution in [0.2, 0.25) is 0 Å². The third-order valence-corrected chi connectivity index (χ3v) is 19.6. The van der Waals surface area contributed by atoms with E-state index < -0.39 is 21.7 Å². The van der Waals surface area contributed by atoms with Crippen LogP contribution >= 0.6 is 21.7 Å². The van der Waals surface area contributed by atoms with E-state index >= 15 is 0 Å². The fourth-order valence-corrected chi connectivity index (χ4v) is 15.0. The molecule has 17 heteroatoms. The van der Waals surface area contributed by atoms with E-state index in [1.54, 1.807) is 44.5 Å². The molecule has 436 valence electrons. The Morgan fingerprint density at radius 3 is 1.19 bits per heavy atom. The van der Waals surface area contributed by atoms with Gasteiger partial charge in [-0.3, -0.25) is 19.5 Å². The van der Waals surface area contributed by atoms with Crippen molar-refractivity contribution in [2.75, 3.05) is 45.6 Å². The third kappa shape index (κ3) is 12.7. The third-order valence-electron chi connectivity index (χ3n) is 15.8. The monoisotopic (exact) mass is 1190 g/mol. The zero-order valence-electron chi connectivity index (χ0n) is 49.4. The lowest BCUT2D eigenvalue weighted by Gasteiger charge is -2.16. The summed E-state index contributed by atoms with van der Waals surface area (Å²) in [5.41, 5.74) is 18.8. The minimum atomic E-state index is -3.13. The number of carbonyl (C=O) groups is 1. The molecular weight excluding hydrogens is 1120 g/mol. The van der Waals surface area contributed by atoms with E-state index in [1.807, 2.05) is 48.7 Å². The highest BCUT2D eigenvalue weighted by atomic mass is 31.2. The lowest BCUT2D eigenvalue weighted by molar-refractivity contribution is -0.116. The molecule has 0 radical (unpaired) electrons. The molecule has 0 spiro atoms. The van der Waals surface area contributed by atoms with Crippen LogP contribution in [-0.2, 0) is 57.4 Å². The first-order valence-corrected chi connectivity index (χ1v) is 36.2. The van der Waals surface area contributed by atoms with Crippen molar-refractivity contribution in [3.05, 3.63) is 188 Å². The molecule has 1 N–H and O–H groups in total. The Morgan fingerprint density at radius 2 is 0.857 bits per heavy atom. The molecule has 12 rings (SSSR count). The van der Waals surface area contributed by atoms with Crippen molar-refractivity contribution in [3.8, 4) is 17.1 Å². The van der Waals surface area contributed by atoms with Gasteiger partial charge in [-0.2, -0.15) is 0 Å². The number of ketones is 1. The Morgan fingerprint density at radius 1 is 0.512 bits per heavy atom. The van der Waals surface area contributed by atoms with Gasteiger partial charge >= 0.3 is 0 Å². The molecule has 0 amide bonds. The molecular formula is C67H72F3N6O5P3. The van der Waals surface area contributed by atoms with Crippen molar-refractivity contribution in [1.82, 2.24) is 13.7 Å². The van der Waals surface area contributed by atoms with Gasteiger partial charge in [0.15, 0.2) is 7.37 Å². The molecule has 0 saturated heterocycles. The van der Waals surface area contributed by atoms with Crippen LogP contribution in [0.1, 0.15) is 114 Å². The van der Waals surface area contributed by atoms with Crippen LogP contribution in [0.3, 0.4) is 0 Å². The average Bonchev–Trinajstić information content (AvgIpc) is 3.08. The maximum atomic E-state index is 13.6. The van der Waals surface area contributed by atoms with Gasteiger partial charge in [0.05, 0.1) is 48.8 Å². The Labute approximate surface area is 489 Å². The number of benzene rings is 6. The van der Waals surface area contributed by atoms with E-state index in [1.165, 1.54) is 70.8 Å². The van der Waals surface area contributed by atoms with E-state index in [0.29, 0.717) is 45.1 Å². The molecule has 9 aromatic rings. The summed E-state index contributed by atoms with van der Waals surface area (Å²) in [6, 6.07) is 32.3. The highest BCUT2D eigenvalue weighted by molar-refractivity contribution is 7.70. The van der Waals surface area contributed by atoms with E-state index in [2.05, 4.69) is 88.2 Å². The topological polar surface area (TPSA) is 140 Å². The Bertz CT molecular complexity index is 4100. The number of fused-ring (bicyclic) bond motifs is 6. The van der Waals surface area contributed by atoms with Gasteiger partial charge in [-0.25, -0.2) is 13.2 Å². The molecule has 1 atom stereocenters. The maximum absolute atomic E-state index is 13.6. The number of carbonyl (C=O) groups excluding carboxylic acids is 1. The molecule has 3 aliphatic rings.